The van der Waals surface area contributed by atoms with Gasteiger partial charge >= 0.3 is 6.18 Å². The normalized spacial score (nSPS) is 13.0. The van der Waals surface area contributed by atoms with Gasteiger partial charge in [0.1, 0.15) is 0 Å². The largest absolute Gasteiger partial charge is 0.416 e. The Morgan fingerprint density at radius 2 is 1.96 bits per heavy atom. The molecule has 1 heterocycles. The average Bonchev–Trinajstić information content (AvgIpc) is 2.83. The number of aromatic nitrogens is 2. The molecule has 4 nitrogen and oxygen atoms in total. The lowest BCUT2D eigenvalue weighted by Gasteiger charge is -2.26. The van der Waals surface area contributed by atoms with Gasteiger partial charge < -0.3 is 4.90 Å². The van der Waals surface area contributed by atoms with Gasteiger partial charge in [0.2, 0.25) is 0 Å². The van der Waals surface area contributed by atoms with Gasteiger partial charge in [0.05, 0.1) is 27.9 Å². The second-order valence-corrected chi connectivity index (χ2v) is 6.04. The van der Waals surface area contributed by atoms with E-state index in [1.807, 2.05) is 6.92 Å². The highest BCUT2D eigenvalue weighted by Crippen LogP contribution is 2.33. The van der Waals surface area contributed by atoms with Crippen LogP contribution in [0.25, 0.3) is 0 Å². The molecule has 130 valence electrons. The summed E-state index contributed by atoms with van der Waals surface area (Å²) in [6.45, 7) is 5.40. The van der Waals surface area contributed by atoms with E-state index in [1.54, 1.807) is 13.8 Å². The number of rotatable bonds is 3. The number of H-pyrrole nitrogens is 1. The zero-order chi connectivity index (χ0) is 18.2. The number of alkyl halides is 3. The lowest BCUT2D eigenvalue weighted by Crippen LogP contribution is -2.30. The molecule has 24 heavy (non-hydrogen) atoms. The summed E-state index contributed by atoms with van der Waals surface area (Å²) in [5, 5.41) is 6.89. The Labute approximate surface area is 142 Å². The second-order valence-electron chi connectivity index (χ2n) is 5.63. The second kappa shape index (κ2) is 6.47. The van der Waals surface area contributed by atoms with Crippen molar-refractivity contribution in [3.63, 3.8) is 0 Å². The molecule has 1 atom stereocenters. The van der Waals surface area contributed by atoms with Crippen molar-refractivity contribution in [1.82, 2.24) is 15.1 Å². The molecule has 0 saturated heterocycles. The van der Waals surface area contributed by atoms with E-state index in [1.165, 1.54) is 11.9 Å². The summed E-state index contributed by atoms with van der Waals surface area (Å²) in [4.78, 5) is 14.0. The standard InChI is InChI=1S/C16H17ClF3N3O/c1-8-14(9(2)22-21-8)10(3)23(4)15(24)12-7-11(16(18,19)20)5-6-13(12)17/h5-7,10H,1-4H3,(H,21,22)/t10-/m1/s1. The van der Waals surface area contributed by atoms with Crippen molar-refractivity contribution < 1.29 is 18.0 Å². The van der Waals surface area contributed by atoms with Crippen LogP contribution in [0.4, 0.5) is 13.2 Å². The minimum Gasteiger partial charge on any atom is -0.335 e. The molecular weight excluding hydrogens is 343 g/mol. The van der Waals surface area contributed by atoms with Crippen LogP contribution in [0, 0.1) is 13.8 Å². The first kappa shape index (κ1) is 18.3. The number of aromatic amines is 1. The number of benzene rings is 1. The number of nitrogens with one attached hydrogen (secondary N) is 1. The van der Waals surface area contributed by atoms with Gasteiger partial charge in [-0.25, -0.2) is 0 Å². The van der Waals surface area contributed by atoms with E-state index in [2.05, 4.69) is 10.2 Å². The molecule has 1 amide bonds. The molecule has 1 aromatic heterocycles. The first-order valence-electron chi connectivity index (χ1n) is 7.19. The minimum atomic E-state index is -4.54. The predicted molar refractivity (Wildman–Crippen MR) is 85.0 cm³/mol. The Kier molecular flexibility index (Phi) is 4.94. The van der Waals surface area contributed by atoms with Crippen LogP contribution in [0.1, 0.15) is 45.8 Å². The van der Waals surface area contributed by atoms with Crippen molar-refractivity contribution in [2.24, 2.45) is 0 Å². The summed E-state index contributed by atoms with van der Waals surface area (Å²) >= 11 is 5.94. The predicted octanol–water partition coefficient (Wildman–Crippen LogP) is 4.53. The van der Waals surface area contributed by atoms with Gasteiger partial charge in [-0.1, -0.05) is 11.6 Å². The smallest absolute Gasteiger partial charge is 0.335 e. The van der Waals surface area contributed by atoms with E-state index in [0.717, 1.165) is 35.2 Å². The highest BCUT2D eigenvalue weighted by molar-refractivity contribution is 6.33. The van der Waals surface area contributed by atoms with Gasteiger partial charge in [-0.2, -0.15) is 18.3 Å². The van der Waals surface area contributed by atoms with Crippen LogP contribution in [0.2, 0.25) is 5.02 Å². The van der Waals surface area contributed by atoms with Crippen LogP contribution in [0.3, 0.4) is 0 Å². The van der Waals surface area contributed by atoms with Gasteiger partial charge in [0.15, 0.2) is 0 Å². The van der Waals surface area contributed by atoms with E-state index in [4.69, 9.17) is 11.6 Å². The van der Waals surface area contributed by atoms with Crippen LogP contribution in [0.5, 0.6) is 0 Å². The van der Waals surface area contributed by atoms with E-state index in [9.17, 15) is 18.0 Å². The quantitative estimate of drug-likeness (QED) is 0.875. The van der Waals surface area contributed by atoms with Crippen LogP contribution in [-0.4, -0.2) is 28.1 Å². The average molecular weight is 360 g/mol. The van der Waals surface area contributed by atoms with E-state index < -0.39 is 17.6 Å². The Balaban J connectivity index is 2.38. The fourth-order valence-electron chi connectivity index (χ4n) is 2.60. The fraction of sp³-hybridized carbons (Fsp3) is 0.375. The third kappa shape index (κ3) is 3.40. The van der Waals surface area contributed by atoms with Crippen LogP contribution >= 0.6 is 11.6 Å². The summed E-state index contributed by atoms with van der Waals surface area (Å²) in [5.41, 5.74) is 1.27. The minimum absolute atomic E-state index is 0.0207. The number of carbonyl (C=O) groups excluding carboxylic acids is 1. The summed E-state index contributed by atoms with van der Waals surface area (Å²) in [6.07, 6.45) is -4.54. The zero-order valence-corrected chi connectivity index (χ0v) is 14.4. The number of hydrogen-bond acceptors (Lipinski definition) is 2. The summed E-state index contributed by atoms with van der Waals surface area (Å²) in [7, 11) is 1.52. The molecule has 0 spiro atoms. The van der Waals surface area contributed by atoms with Crippen molar-refractivity contribution >= 4 is 17.5 Å². The maximum absolute atomic E-state index is 12.9. The lowest BCUT2D eigenvalue weighted by atomic mass is 10.0. The Bertz CT molecular complexity index is 751. The molecule has 1 aromatic carbocycles. The number of hydrogen-bond donors (Lipinski definition) is 1. The molecule has 0 fully saturated rings. The highest BCUT2D eigenvalue weighted by Gasteiger charge is 2.32. The van der Waals surface area contributed by atoms with Gasteiger partial charge in [-0.3, -0.25) is 9.89 Å². The summed E-state index contributed by atoms with van der Waals surface area (Å²) < 4.78 is 38.6. The van der Waals surface area contributed by atoms with Crippen LogP contribution < -0.4 is 0 Å². The van der Waals surface area contributed by atoms with E-state index in [0.29, 0.717) is 0 Å². The number of carbonyl (C=O) groups is 1. The monoisotopic (exact) mass is 359 g/mol. The van der Waals surface area contributed by atoms with Crippen molar-refractivity contribution in [1.29, 1.82) is 0 Å². The SMILES string of the molecule is Cc1n[nH]c(C)c1[C@@H](C)N(C)C(=O)c1cc(C(F)(F)F)ccc1Cl. The topological polar surface area (TPSA) is 49.0 Å². The molecule has 0 bridgehead atoms. The van der Waals surface area contributed by atoms with Crippen molar-refractivity contribution in [2.45, 2.75) is 33.0 Å². The number of aryl methyl sites for hydroxylation is 2. The third-order valence-corrected chi connectivity index (χ3v) is 4.36. The summed E-state index contributed by atoms with van der Waals surface area (Å²) in [5.74, 6) is -0.585. The number of nitrogens with zero attached hydrogens (tertiary/aromatic N) is 2. The van der Waals surface area contributed by atoms with Gasteiger partial charge in [0.25, 0.3) is 5.91 Å². The molecule has 0 radical (unpaired) electrons. The Morgan fingerprint density at radius 3 is 2.46 bits per heavy atom. The summed E-state index contributed by atoms with van der Waals surface area (Å²) in [6, 6.07) is 2.35. The third-order valence-electron chi connectivity index (χ3n) is 4.03. The molecule has 0 aliphatic heterocycles. The molecular formula is C16H17ClF3N3O. The highest BCUT2D eigenvalue weighted by atomic mass is 35.5. The molecule has 1 N–H and O–H groups in total. The molecule has 2 rings (SSSR count). The van der Waals surface area contributed by atoms with Gasteiger partial charge in [-0.15, -0.1) is 0 Å². The van der Waals surface area contributed by atoms with Gasteiger partial charge in [-0.05, 0) is 39.0 Å². The fourth-order valence-corrected chi connectivity index (χ4v) is 2.80. The lowest BCUT2D eigenvalue weighted by molar-refractivity contribution is -0.137. The molecule has 0 aliphatic carbocycles. The first-order valence-corrected chi connectivity index (χ1v) is 7.57. The molecule has 2 aromatic rings. The van der Waals surface area contributed by atoms with Crippen LogP contribution in [0.15, 0.2) is 18.2 Å². The maximum Gasteiger partial charge on any atom is 0.416 e. The zero-order valence-electron chi connectivity index (χ0n) is 13.6. The van der Waals surface area contributed by atoms with Crippen molar-refractivity contribution in [2.75, 3.05) is 7.05 Å². The molecule has 0 saturated carbocycles. The molecule has 0 aliphatic rings. The Morgan fingerprint density at radius 1 is 1.33 bits per heavy atom. The van der Waals surface area contributed by atoms with Crippen LogP contribution in [-0.2, 0) is 6.18 Å². The molecule has 0 unspecified atom stereocenters. The number of amides is 1. The van der Waals surface area contributed by atoms with Crippen molar-refractivity contribution in [3.8, 4) is 0 Å². The van der Waals surface area contributed by atoms with E-state index >= 15 is 0 Å². The maximum atomic E-state index is 12.9. The van der Waals surface area contributed by atoms with Gasteiger partial charge in [0, 0.05) is 18.3 Å². The Hall–Kier alpha value is -2.02. The first-order chi connectivity index (χ1) is 11.0. The molecule has 8 heteroatoms. The van der Waals surface area contributed by atoms with Crippen molar-refractivity contribution in [3.05, 3.63) is 51.3 Å². The van der Waals surface area contributed by atoms with E-state index in [-0.39, 0.29) is 16.6 Å². The number of halogens is 4.